The molecule has 226 valence electrons. The third kappa shape index (κ3) is 6.09. The summed E-state index contributed by atoms with van der Waals surface area (Å²) in [5.41, 5.74) is 4.39. The van der Waals surface area contributed by atoms with Gasteiger partial charge in [-0.3, -0.25) is 14.5 Å². The first-order valence-corrected chi connectivity index (χ1v) is 16.5. The predicted molar refractivity (Wildman–Crippen MR) is 173 cm³/mol. The smallest absolute Gasteiger partial charge is 0.301 e. The Morgan fingerprint density at radius 2 is 1.86 bits per heavy atom. The molecule has 1 fully saturated rings. The fourth-order valence-corrected chi connectivity index (χ4v) is 7.16. The second kappa shape index (κ2) is 12.8. The number of ketones is 1. The van der Waals surface area contributed by atoms with E-state index >= 15 is 0 Å². The minimum absolute atomic E-state index is 0.00521. The average molecular weight is 628 g/mol. The number of aryl methyl sites for hydroxylation is 1. The van der Waals surface area contributed by atoms with Gasteiger partial charge in [0, 0.05) is 17.7 Å². The number of thioether (sulfide) groups is 1. The van der Waals surface area contributed by atoms with Crippen LogP contribution in [-0.2, 0) is 21.8 Å². The van der Waals surface area contributed by atoms with Crippen molar-refractivity contribution < 1.29 is 24.2 Å². The molecule has 3 aromatic carbocycles. The molecular weight excluding hydrogens is 595 g/mol. The Balaban J connectivity index is 1.36. The summed E-state index contributed by atoms with van der Waals surface area (Å²) < 4.78 is 12.3. The topological polar surface area (TPSA) is 102 Å². The number of aromatic nitrogens is 2. The highest BCUT2D eigenvalue weighted by atomic mass is 32.2. The third-order valence-electron chi connectivity index (χ3n) is 7.66. The van der Waals surface area contributed by atoms with Crippen LogP contribution in [-0.4, -0.2) is 39.7 Å². The number of hydrogen-bond donors (Lipinski definition) is 1. The number of aliphatic hydroxyl groups excluding tert-OH is 1. The van der Waals surface area contributed by atoms with Crippen LogP contribution in [0.25, 0.3) is 5.76 Å². The lowest BCUT2D eigenvalue weighted by Crippen LogP contribution is -2.29. The summed E-state index contributed by atoms with van der Waals surface area (Å²) >= 11 is 2.76. The zero-order valence-electron chi connectivity index (χ0n) is 24.8. The number of unbranched alkanes of at least 4 members (excludes halogenated alkanes) is 1. The van der Waals surface area contributed by atoms with Crippen molar-refractivity contribution in [2.24, 2.45) is 0 Å². The van der Waals surface area contributed by atoms with Gasteiger partial charge in [-0.1, -0.05) is 78.4 Å². The number of aliphatic hydroxyl groups is 1. The van der Waals surface area contributed by atoms with Crippen LogP contribution in [0.3, 0.4) is 0 Å². The largest absolute Gasteiger partial charge is 0.507 e. The van der Waals surface area contributed by atoms with Gasteiger partial charge in [0.25, 0.3) is 5.78 Å². The van der Waals surface area contributed by atoms with Crippen LogP contribution in [0.2, 0.25) is 0 Å². The molecule has 3 heterocycles. The van der Waals surface area contributed by atoms with Crippen molar-refractivity contribution in [2.75, 3.05) is 11.5 Å². The van der Waals surface area contributed by atoms with E-state index in [-0.39, 0.29) is 17.4 Å². The van der Waals surface area contributed by atoms with Crippen molar-refractivity contribution in [3.05, 3.63) is 100 Å². The van der Waals surface area contributed by atoms with Crippen molar-refractivity contribution in [2.45, 2.75) is 62.3 Å². The molecule has 1 amide bonds. The van der Waals surface area contributed by atoms with Gasteiger partial charge in [-0.25, -0.2) is 0 Å². The molecule has 2 aliphatic rings. The van der Waals surface area contributed by atoms with E-state index in [2.05, 4.69) is 41.4 Å². The molecule has 10 heteroatoms. The van der Waals surface area contributed by atoms with Gasteiger partial charge in [0.15, 0.2) is 4.34 Å². The van der Waals surface area contributed by atoms with E-state index in [4.69, 9.17) is 9.47 Å². The van der Waals surface area contributed by atoms with E-state index in [0.29, 0.717) is 45.1 Å². The first-order valence-electron chi connectivity index (χ1n) is 14.7. The molecule has 4 aromatic rings. The van der Waals surface area contributed by atoms with E-state index in [0.717, 1.165) is 29.7 Å². The van der Waals surface area contributed by atoms with E-state index < -0.39 is 17.7 Å². The summed E-state index contributed by atoms with van der Waals surface area (Å²) in [4.78, 5) is 28.7. The summed E-state index contributed by atoms with van der Waals surface area (Å²) in [5.74, 6) is 0.373. The van der Waals surface area contributed by atoms with Gasteiger partial charge < -0.3 is 14.6 Å². The SMILES string of the molecule is CCCCOc1ccc(C2/C(=C(\O)c3ccc4c(c3)CC(C)O4)C(=O)C(=O)N2c2nnc(SCc3ccc(C)cc3)s2)cc1. The Labute approximate surface area is 264 Å². The number of benzene rings is 3. The molecule has 1 aromatic heterocycles. The monoisotopic (exact) mass is 627 g/mol. The number of fused-ring (bicyclic) bond motifs is 1. The standard InChI is InChI=1S/C34H33N3O5S2/c1-4-5-16-41-26-13-10-23(11-14-26)29-28(30(38)24-12-15-27-25(18-24)17-21(3)42-27)31(39)32(40)37(29)33-35-36-34(44-33)43-19-22-8-6-20(2)7-9-22/h6-15,18,21,29,38H,4-5,16-17,19H2,1-3H3/b30-28+. The molecule has 8 nitrogen and oxygen atoms in total. The van der Waals surface area contributed by atoms with Crippen LogP contribution in [0.5, 0.6) is 11.5 Å². The van der Waals surface area contributed by atoms with Crippen molar-refractivity contribution in [1.82, 2.24) is 10.2 Å². The van der Waals surface area contributed by atoms with Crippen LogP contribution in [0.4, 0.5) is 5.13 Å². The molecule has 0 radical (unpaired) electrons. The van der Waals surface area contributed by atoms with Crippen molar-refractivity contribution >= 4 is 45.7 Å². The third-order valence-corrected chi connectivity index (χ3v) is 9.79. The van der Waals surface area contributed by atoms with Gasteiger partial charge >= 0.3 is 5.91 Å². The fraction of sp³-hybridized carbons (Fsp3) is 0.294. The van der Waals surface area contributed by atoms with Gasteiger partial charge in [0.1, 0.15) is 23.4 Å². The second-order valence-corrected chi connectivity index (χ2v) is 13.2. The zero-order valence-corrected chi connectivity index (χ0v) is 26.4. The van der Waals surface area contributed by atoms with E-state index in [1.54, 1.807) is 12.1 Å². The Morgan fingerprint density at radius 3 is 2.61 bits per heavy atom. The molecule has 44 heavy (non-hydrogen) atoms. The van der Waals surface area contributed by atoms with Crippen molar-refractivity contribution in [3.63, 3.8) is 0 Å². The van der Waals surface area contributed by atoms with Crippen LogP contribution < -0.4 is 14.4 Å². The number of carbonyl (C=O) groups is 2. The lowest BCUT2D eigenvalue weighted by atomic mass is 9.94. The Hall–Kier alpha value is -4.15. The number of nitrogens with zero attached hydrogens (tertiary/aromatic N) is 3. The Morgan fingerprint density at radius 1 is 1.09 bits per heavy atom. The maximum atomic E-state index is 13.7. The summed E-state index contributed by atoms with van der Waals surface area (Å²) in [7, 11) is 0. The highest BCUT2D eigenvalue weighted by Crippen LogP contribution is 2.45. The number of rotatable bonds is 10. The molecular formula is C34H33N3O5S2. The number of Topliss-reactive ketones (excluding diaryl/α,β-unsaturated/α-hetero) is 1. The van der Waals surface area contributed by atoms with E-state index in [1.807, 2.05) is 44.2 Å². The number of anilines is 1. The lowest BCUT2D eigenvalue weighted by Gasteiger charge is -2.22. The van der Waals surface area contributed by atoms with Gasteiger partial charge in [0.05, 0.1) is 18.2 Å². The maximum absolute atomic E-state index is 13.7. The predicted octanol–water partition coefficient (Wildman–Crippen LogP) is 7.27. The molecule has 0 spiro atoms. The molecule has 1 saturated heterocycles. The Bertz CT molecular complexity index is 1720. The number of amides is 1. The van der Waals surface area contributed by atoms with Crippen molar-refractivity contribution in [1.29, 1.82) is 0 Å². The molecule has 6 rings (SSSR count). The summed E-state index contributed by atoms with van der Waals surface area (Å²) in [6.45, 7) is 6.73. The molecule has 0 aliphatic carbocycles. The highest BCUT2D eigenvalue weighted by molar-refractivity contribution is 8.00. The summed E-state index contributed by atoms with van der Waals surface area (Å²) in [5, 5.41) is 20.6. The van der Waals surface area contributed by atoms with Crippen molar-refractivity contribution in [3.8, 4) is 11.5 Å². The molecule has 2 unspecified atom stereocenters. The van der Waals surface area contributed by atoms with Gasteiger partial charge in [-0.05, 0) is 67.3 Å². The summed E-state index contributed by atoms with van der Waals surface area (Å²) in [6, 6.07) is 20.0. The maximum Gasteiger partial charge on any atom is 0.301 e. The van der Waals surface area contributed by atoms with E-state index in [1.165, 1.54) is 33.6 Å². The molecule has 0 saturated carbocycles. The van der Waals surface area contributed by atoms with E-state index in [9.17, 15) is 14.7 Å². The Kier molecular flexibility index (Phi) is 8.72. The number of hydrogen-bond acceptors (Lipinski definition) is 9. The second-order valence-electron chi connectivity index (χ2n) is 11.0. The van der Waals surface area contributed by atoms with Crippen LogP contribution in [0.15, 0.2) is 76.6 Å². The lowest BCUT2D eigenvalue weighted by molar-refractivity contribution is -0.132. The zero-order chi connectivity index (χ0) is 30.8. The van der Waals surface area contributed by atoms with Gasteiger partial charge in [-0.15, -0.1) is 10.2 Å². The molecule has 2 aliphatic heterocycles. The van der Waals surface area contributed by atoms with Gasteiger partial charge in [-0.2, -0.15) is 0 Å². The minimum atomic E-state index is -0.897. The summed E-state index contributed by atoms with van der Waals surface area (Å²) in [6.07, 6.45) is 2.68. The van der Waals surface area contributed by atoms with Gasteiger partial charge in [0.2, 0.25) is 5.13 Å². The molecule has 2 atom stereocenters. The minimum Gasteiger partial charge on any atom is -0.507 e. The van der Waals surface area contributed by atoms with Crippen LogP contribution >= 0.6 is 23.1 Å². The molecule has 0 bridgehead atoms. The number of ether oxygens (including phenoxy) is 2. The molecule has 1 N–H and O–H groups in total. The highest BCUT2D eigenvalue weighted by Gasteiger charge is 2.48. The normalized spacial score (nSPS) is 18.8. The average Bonchev–Trinajstić information content (AvgIpc) is 3.72. The number of carbonyl (C=O) groups excluding carboxylic acids is 2. The first-order chi connectivity index (χ1) is 21.3. The van der Waals surface area contributed by atoms with Crippen LogP contribution in [0.1, 0.15) is 60.5 Å². The van der Waals surface area contributed by atoms with Crippen LogP contribution in [0, 0.1) is 6.92 Å². The quantitative estimate of drug-likeness (QED) is 0.0489. The first kappa shape index (κ1) is 29.9. The fourth-order valence-electron chi connectivity index (χ4n) is 5.34.